The molecule has 3 heteroatoms. The minimum absolute atomic E-state index is 0.731. The fraction of sp³-hybridized carbons (Fsp3) is 0.647. The van der Waals surface area contributed by atoms with E-state index in [0.29, 0.717) is 0 Å². The summed E-state index contributed by atoms with van der Waals surface area (Å²) in [5.41, 5.74) is 1.36. The molecule has 114 valence electrons. The average molecular weight is 295 g/mol. The molecule has 0 fully saturated rings. The molecule has 1 N–H and O–H groups in total. The van der Waals surface area contributed by atoms with Crippen LogP contribution in [0.25, 0.3) is 0 Å². The molecule has 2 nitrogen and oxygen atoms in total. The van der Waals surface area contributed by atoms with Gasteiger partial charge >= 0.3 is 0 Å². The number of hydrogen-bond donors (Lipinski definition) is 1. The van der Waals surface area contributed by atoms with E-state index in [0.717, 1.165) is 44.4 Å². The Morgan fingerprint density at radius 1 is 1.25 bits per heavy atom. The Balaban J connectivity index is 2.18. The van der Waals surface area contributed by atoms with E-state index in [4.69, 9.17) is 4.74 Å². The van der Waals surface area contributed by atoms with E-state index in [1.807, 2.05) is 11.8 Å². The van der Waals surface area contributed by atoms with Crippen molar-refractivity contribution in [2.75, 3.05) is 25.5 Å². The van der Waals surface area contributed by atoms with Gasteiger partial charge in [-0.25, -0.2) is 0 Å². The molecule has 0 radical (unpaired) electrons. The molecular weight excluding hydrogens is 266 g/mol. The van der Waals surface area contributed by atoms with Crippen LogP contribution < -0.4 is 5.32 Å². The predicted octanol–water partition coefficient (Wildman–Crippen LogP) is 4.34. The summed E-state index contributed by atoms with van der Waals surface area (Å²) in [6.45, 7) is 10.4. The maximum absolute atomic E-state index is 5.64. The van der Waals surface area contributed by atoms with E-state index >= 15 is 0 Å². The van der Waals surface area contributed by atoms with Crippen molar-refractivity contribution >= 4 is 11.8 Å². The van der Waals surface area contributed by atoms with Crippen molar-refractivity contribution in [3.63, 3.8) is 0 Å². The molecular formula is C17H29NOS. The van der Waals surface area contributed by atoms with E-state index in [1.165, 1.54) is 16.9 Å². The highest BCUT2D eigenvalue weighted by molar-refractivity contribution is 7.99. The standard InChI is InChI=1S/C17H29NOS/c1-4-9-18-14-16-6-5-7-17(13-16)20-12-11-19-10-8-15(2)3/h5-7,13,15,18H,4,8-12,14H2,1-3H3. The summed E-state index contributed by atoms with van der Waals surface area (Å²) in [5.74, 6) is 1.76. The Labute approximate surface area is 128 Å². The van der Waals surface area contributed by atoms with Gasteiger partial charge in [-0.2, -0.15) is 0 Å². The lowest BCUT2D eigenvalue weighted by Gasteiger charge is -2.08. The van der Waals surface area contributed by atoms with Crippen molar-refractivity contribution in [2.45, 2.75) is 45.1 Å². The molecule has 1 rings (SSSR count). The maximum atomic E-state index is 5.64. The van der Waals surface area contributed by atoms with Gasteiger partial charge in [0.05, 0.1) is 6.61 Å². The van der Waals surface area contributed by atoms with Crippen molar-refractivity contribution < 1.29 is 4.74 Å². The molecule has 0 spiro atoms. The normalized spacial score (nSPS) is 11.2. The first-order valence-electron chi connectivity index (χ1n) is 7.72. The first-order chi connectivity index (χ1) is 9.72. The van der Waals surface area contributed by atoms with E-state index < -0.39 is 0 Å². The number of benzene rings is 1. The molecule has 20 heavy (non-hydrogen) atoms. The Bertz CT molecular complexity index is 355. The first-order valence-corrected chi connectivity index (χ1v) is 8.71. The average Bonchev–Trinajstić information content (AvgIpc) is 2.43. The molecule has 0 aliphatic carbocycles. The zero-order valence-corrected chi connectivity index (χ0v) is 14.0. The molecule has 1 aromatic rings. The summed E-state index contributed by atoms with van der Waals surface area (Å²) in [6.07, 6.45) is 2.34. The summed E-state index contributed by atoms with van der Waals surface area (Å²) in [7, 11) is 0. The van der Waals surface area contributed by atoms with E-state index in [9.17, 15) is 0 Å². The summed E-state index contributed by atoms with van der Waals surface area (Å²) in [4.78, 5) is 1.34. The number of ether oxygens (including phenoxy) is 1. The Kier molecular flexibility index (Phi) is 9.81. The van der Waals surface area contributed by atoms with Crippen molar-refractivity contribution in [1.29, 1.82) is 0 Å². The minimum Gasteiger partial charge on any atom is -0.381 e. The van der Waals surface area contributed by atoms with Gasteiger partial charge in [0.2, 0.25) is 0 Å². The fourth-order valence-corrected chi connectivity index (χ4v) is 2.64. The zero-order valence-electron chi connectivity index (χ0n) is 13.2. The van der Waals surface area contributed by atoms with Gasteiger partial charge in [-0.15, -0.1) is 11.8 Å². The van der Waals surface area contributed by atoms with Gasteiger partial charge in [0.15, 0.2) is 0 Å². The predicted molar refractivity (Wildman–Crippen MR) is 89.4 cm³/mol. The van der Waals surface area contributed by atoms with Crippen LogP contribution in [0.3, 0.4) is 0 Å². The summed E-state index contributed by atoms with van der Waals surface area (Å²) in [5, 5.41) is 3.44. The Morgan fingerprint density at radius 3 is 2.85 bits per heavy atom. The highest BCUT2D eigenvalue weighted by atomic mass is 32.2. The fourth-order valence-electron chi connectivity index (χ4n) is 1.79. The largest absolute Gasteiger partial charge is 0.381 e. The smallest absolute Gasteiger partial charge is 0.0560 e. The third-order valence-corrected chi connectivity index (χ3v) is 3.95. The van der Waals surface area contributed by atoms with Crippen LogP contribution >= 0.6 is 11.8 Å². The molecule has 0 amide bonds. The molecule has 0 saturated carbocycles. The number of hydrogen-bond acceptors (Lipinski definition) is 3. The summed E-state index contributed by atoms with van der Waals surface area (Å²) in [6, 6.07) is 8.79. The Hall–Kier alpha value is -0.510. The molecule has 1 aromatic carbocycles. The van der Waals surface area contributed by atoms with Crippen LogP contribution in [0.2, 0.25) is 0 Å². The molecule has 0 aliphatic heterocycles. The second kappa shape index (κ2) is 11.2. The van der Waals surface area contributed by atoms with Crippen LogP contribution in [0.15, 0.2) is 29.2 Å². The molecule has 0 bridgehead atoms. The van der Waals surface area contributed by atoms with Crippen LogP contribution in [-0.4, -0.2) is 25.5 Å². The van der Waals surface area contributed by atoms with Crippen LogP contribution in [0.4, 0.5) is 0 Å². The second-order valence-electron chi connectivity index (χ2n) is 5.47. The van der Waals surface area contributed by atoms with Gasteiger partial charge < -0.3 is 10.1 Å². The van der Waals surface area contributed by atoms with Crippen LogP contribution in [-0.2, 0) is 11.3 Å². The third kappa shape index (κ3) is 8.62. The lowest BCUT2D eigenvalue weighted by atomic mass is 10.1. The van der Waals surface area contributed by atoms with Gasteiger partial charge in [0.25, 0.3) is 0 Å². The Morgan fingerprint density at radius 2 is 2.10 bits per heavy atom. The quantitative estimate of drug-likeness (QED) is 0.485. The van der Waals surface area contributed by atoms with Gasteiger partial charge in [0.1, 0.15) is 0 Å². The molecule has 0 atom stereocenters. The highest BCUT2D eigenvalue weighted by Crippen LogP contribution is 2.19. The van der Waals surface area contributed by atoms with Crippen molar-refractivity contribution in [1.82, 2.24) is 5.32 Å². The lowest BCUT2D eigenvalue weighted by molar-refractivity contribution is 0.138. The molecule has 0 heterocycles. The second-order valence-corrected chi connectivity index (χ2v) is 6.64. The molecule has 0 saturated heterocycles. The number of nitrogens with one attached hydrogen (secondary N) is 1. The SMILES string of the molecule is CCCNCc1cccc(SCCOCCC(C)C)c1. The van der Waals surface area contributed by atoms with Gasteiger partial charge in [0, 0.05) is 23.8 Å². The van der Waals surface area contributed by atoms with E-state index in [-0.39, 0.29) is 0 Å². The molecule has 0 aliphatic rings. The van der Waals surface area contributed by atoms with Crippen molar-refractivity contribution in [2.24, 2.45) is 5.92 Å². The van der Waals surface area contributed by atoms with Gasteiger partial charge in [-0.1, -0.05) is 32.9 Å². The third-order valence-electron chi connectivity index (χ3n) is 2.99. The number of thioether (sulfide) groups is 1. The highest BCUT2D eigenvalue weighted by Gasteiger charge is 1.98. The zero-order chi connectivity index (χ0) is 14.6. The molecule has 0 unspecified atom stereocenters. The lowest BCUT2D eigenvalue weighted by Crippen LogP contribution is -2.13. The monoisotopic (exact) mass is 295 g/mol. The van der Waals surface area contributed by atoms with Crippen LogP contribution in [0.1, 0.15) is 39.2 Å². The number of rotatable bonds is 11. The van der Waals surface area contributed by atoms with E-state index in [2.05, 4.69) is 50.4 Å². The van der Waals surface area contributed by atoms with Gasteiger partial charge in [-0.3, -0.25) is 0 Å². The summed E-state index contributed by atoms with van der Waals surface area (Å²) < 4.78 is 5.64. The van der Waals surface area contributed by atoms with Crippen molar-refractivity contribution in [3.05, 3.63) is 29.8 Å². The molecule has 0 aromatic heterocycles. The van der Waals surface area contributed by atoms with Crippen LogP contribution in [0, 0.1) is 5.92 Å². The summed E-state index contributed by atoms with van der Waals surface area (Å²) >= 11 is 1.88. The maximum Gasteiger partial charge on any atom is 0.0560 e. The van der Waals surface area contributed by atoms with Crippen molar-refractivity contribution in [3.8, 4) is 0 Å². The van der Waals surface area contributed by atoms with Crippen LogP contribution in [0.5, 0.6) is 0 Å². The van der Waals surface area contributed by atoms with E-state index in [1.54, 1.807) is 0 Å². The first kappa shape index (κ1) is 17.5. The van der Waals surface area contributed by atoms with Gasteiger partial charge in [-0.05, 0) is 43.0 Å². The minimum atomic E-state index is 0.731. The topological polar surface area (TPSA) is 21.3 Å².